The molecule has 1 heterocycles. The van der Waals surface area contributed by atoms with Crippen LogP contribution in [0.2, 0.25) is 0 Å². The fourth-order valence-electron chi connectivity index (χ4n) is 1.94. The van der Waals surface area contributed by atoms with Crippen molar-refractivity contribution in [1.29, 1.82) is 0 Å². The number of Topliss-reactive ketones (excluding diaryl/α,β-unsaturated/α-hetero) is 1. The fourth-order valence-corrected chi connectivity index (χ4v) is 2.30. The highest BCUT2D eigenvalue weighted by Gasteiger charge is 2.14. The summed E-state index contributed by atoms with van der Waals surface area (Å²) in [7, 11) is 1.85. The average molecular weight is 322 g/mol. The molecule has 1 aromatic heterocycles. The van der Waals surface area contributed by atoms with Crippen molar-refractivity contribution < 1.29 is 4.79 Å². The Morgan fingerprint density at radius 1 is 1.42 bits per heavy atom. The Hall–Kier alpha value is -1.62. The SMILES string of the molecule is CCc1cc(CC(=O)c2cc(Br)ccc2N)n(C)n1. The van der Waals surface area contributed by atoms with E-state index in [2.05, 4.69) is 21.0 Å². The van der Waals surface area contributed by atoms with Crippen LogP contribution < -0.4 is 5.73 Å². The molecule has 0 aliphatic carbocycles. The number of aryl methyl sites for hydroxylation is 2. The lowest BCUT2D eigenvalue weighted by Gasteiger charge is -2.05. The van der Waals surface area contributed by atoms with Gasteiger partial charge in [-0.05, 0) is 30.7 Å². The first kappa shape index (κ1) is 13.8. The Bertz CT molecular complexity index is 619. The summed E-state index contributed by atoms with van der Waals surface area (Å²) in [6.07, 6.45) is 1.17. The average Bonchev–Trinajstić information content (AvgIpc) is 2.73. The van der Waals surface area contributed by atoms with E-state index < -0.39 is 0 Å². The number of aromatic nitrogens is 2. The molecule has 0 spiro atoms. The first-order valence-corrected chi connectivity index (χ1v) is 6.90. The number of halogens is 1. The summed E-state index contributed by atoms with van der Waals surface area (Å²) in [4.78, 5) is 12.3. The zero-order valence-corrected chi connectivity index (χ0v) is 12.6. The normalized spacial score (nSPS) is 10.7. The van der Waals surface area contributed by atoms with Gasteiger partial charge in [0.1, 0.15) is 0 Å². The Morgan fingerprint density at radius 3 is 2.79 bits per heavy atom. The topological polar surface area (TPSA) is 60.9 Å². The molecule has 19 heavy (non-hydrogen) atoms. The van der Waals surface area contributed by atoms with Crippen molar-refractivity contribution in [3.05, 3.63) is 45.7 Å². The van der Waals surface area contributed by atoms with E-state index in [0.29, 0.717) is 17.7 Å². The van der Waals surface area contributed by atoms with Crippen LogP contribution >= 0.6 is 15.9 Å². The Morgan fingerprint density at radius 2 is 2.16 bits per heavy atom. The van der Waals surface area contributed by atoms with Crippen molar-refractivity contribution in [2.24, 2.45) is 7.05 Å². The van der Waals surface area contributed by atoms with Crippen molar-refractivity contribution in [1.82, 2.24) is 9.78 Å². The molecule has 0 aliphatic heterocycles. The van der Waals surface area contributed by atoms with Gasteiger partial charge in [0.2, 0.25) is 0 Å². The number of benzene rings is 1. The summed E-state index contributed by atoms with van der Waals surface area (Å²) >= 11 is 3.35. The summed E-state index contributed by atoms with van der Waals surface area (Å²) in [6.45, 7) is 2.04. The zero-order valence-electron chi connectivity index (χ0n) is 11.0. The highest BCUT2D eigenvalue weighted by molar-refractivity contribution is 9.10. The third-order valence-electron chi connectivity index (χ3n) is 3.05. The van der Waals surface area contributed by atoms with Crippen LogP contribution in [0.5, 0.6) is 0 Å². The van der Waals surface area contributed by atoms with Gasteiger partial charge in [-0.3, -0.25) is 9.48 Å². The fraction of sp³-hybridized carbons (Fsp3) is 0.286. The molecule has 0 fully saturated rings. The third kappa shape index (κ3) is 3.04. The van der Waals surface area contributed by atoms with E-state index in [4.69, 9.17) is 5.73 Å². The number of nitrogen functional groups attached to an aromatic ring is 1. The minimum atomic E-state index is 0.00412. The second kappa shape index (κ2) is 5.57. The minimum absolute atomic E-state index is 0.00412. The third-order valence-corrected chi connectivity index (χ3v) is 3.54. The van der Waals surface area contributed by atoms with Gasteiger partial charge in [-0.15, -0.1) is 0 Å². The Labute approximate surface area is 120 Å². The highest BCUT2D eigenvalue weighted by Crippen LogP contribution is 2.20. The van der Waals surface area contributed by atoms with Gasteiger partial charge in [0.25, 0.3) is 0 Å². The maximum atomic E-state index is 12.3. The van der Waals surface area contributed by atoms with Crippen LogP contribution in [0.1, 0.15) is 28.7 Å². The zero-order chi connectivity index (χ0) is 14.0. The van der Waals surface area contributed by atoms with Crippen LogP contribution in [0, 0.1) is 0 Å². The van der Waals surface area contributed by atoms with Crippen molar-refractivity contribution in [2.45, 2.75) is 19.8 Å². The molecule has 0 bridgehead atoms. The molecular formula is C14H16BrN3O. The number of hydrogen-bond donors (Lipinski definition) is 1. The number of hydrogen-bond acceptors (Lipinski definition) is 3. The molecule has 5 heteroatoms. The predicted octanol–water partition coefficient (Wildman–Crippen LogP) is 2.75. The van der Waals surface area contributed by atoms with Gasteiger partial charge in [-0.1, -0.05) is 22.9 Å². The quantitative estimate of drug-likeness (QED) is 0.695. The largest absolute Gasteiger partial charge is 0.398 e. The molecule has 0 saturated carbocycles. The number of carbonyl (C=O) groups excluding carboxylic acids is 1. The number of ketones is 1. The summed E-state index contributed by atoms with van der Waals surface area (Å²) in [5.41, 5.74) is 8.80. The maximum absolute atomic E-state index is 12.3. The van der Waals surface area contributed by atoms with Crippen LogP contribution in [0.3, 0.4) is 0 Å². The first-order chi connectivity index (χ1) is 9.01. The molecule has 0 aliphatic rings. The Balaban J connectivity index is 2.25. The number of nitrogens with two attached hydrogens (primary N) is 1. The van der Waals surface area contributed by atoms with E-state index in [-0.39, 0.29) is 5.78 Å². The van der Waals surface area contributed by atoms with Gasteiger partial charge >= 0.3 is 0 Å². The number of carbonyl (C=O) groups is 1. The minimum Gasteiger partial charge on any atom is -0.398 e. The lowest BCUT2D eigenvalue weighted by molar-refractivity contribution is 0.0991. The molecule has 0 saturated heterocycles. The van der Waals surface area contributed by atoms with Gasteiger partial charge in [0, 0.05) is 28.5 Å². The molecule has 1 aromatic carbocycles. The van der Waals surface area contributed by atoms with Gasteiger partial charge in [-0.2, -0.15) is 5.10 Å². The van der Waals surface area contributed by atoms with E-state index in [1.165, 1.54) is 0 Å². The van der Waals surface area contributed by atoms with Crippen molar-refractivity contribution in [3.63, 3.8) is 0 Å². The second-order valence-corrected chi connectivity index (χ2v) is 5.35. The van der Waals surface area contributed by atoms with E-state index in [0.717, 1.165) is 22.3 Å². The van der Waals surface area contributed by atoms with Crippen LogP contribution in [0.4, 0.5) is 5.69 Å². The molecule has 0 atom stereocenters. The van der Waals surface area contributed by atoms with Gasteiger partial charge in [0.15, 0.2) is 5.78 Å². The molecule has 0 radical (unpaired) electrons. The number of anilines is 1. The monoisotopic (exact) mass is 321 g/mol. The first-order valence-electron chi connectivity index (χ1n) is 6.11. The molecule has 0 unspecified atom stereocenters. The molecule has 2 rings (SSSR count). The Kier molecular flexibility index (Phi) is 4.04. The molecular weight excluding hydrogens is 306 g/mol. The van der Waals surface area contributed by atoms with Gasteiger partial charge in [0.05, 0.1) is 12.1 Å². The van der Waals surface area contributed by atoms with E-state index >= 15 is 0 Å². The lowest BCUT2D eigenvalue weighted by Crippen LogP contribution is -2.10. The maximum Gasteiger partial charge on any atom is 0.170 e. The van der Waals surface area contributed by atoms with Crippen LogP contribution in [0.15, 0.2) is 28.7 Å². The summed E-state index contributed by atoms with van der Waals surface area (Å²) < 4.78 is 2.61. The molecule has 4 nitrogen and oxygen atoms in total. The highest BCUT2D eigenvalue weighted by atomic mass is 79.9. The van der Waals surface area contributed by atoms with Gasteiger partial charge in [-0.25, -0.2) is 0 Å². The lowest BCUT2D eigenvalue weighted by atomic mass is 10.0. The van der Waals surface area contributed by atoms with Crippen molar-refractivity contribution >= 4 is 27.4 Å². The van der Waals surface area contributed by atoms with E-state index in [1.54, 1.807) is 16.8 Å². The molecule has 100 valence electrons. The summed E-state index contributed by atoms with van der Waals surface area (Å²) in [5.74, 6) is 0.00412. The van der Waals surface area contributed by atoms with Crippen molar-refractivity contribution in [3.8, 4) is 0 Å². The van der Waals surface area contributed by atoms with Crippen molar-refractivity contribution in [2.75, 3.05) is 5.73 Å². The van der Waals surface area contributed by atoms with Crippen LogP contribution in [-0.2, 0) is 19.9 Å². The molecule has 2 N–H and O–H groups in total. The number of nitrogens with zero attached hydrogens (tertiary/aromatic N) is 2. The molecule has 0 amide bonds. The second-order valence-electron chi connectivity index (χ2n) is 4.44. The number of rotatable bonds is 4. The summed E-state index contributed by atoms with van der Waals surface area (Å²) in [6, 6.07) is 7.28. The predicted molar refractivity (Wildman–Crippen MR) is 79.2 cm³/mol. The van der Waals surface area contributed by atoms with Crippen LogP contribution in [0.25, 0.3) is 0 Å². The van der Waals surface area contributed by atoms with Gasteiger partial charge < -0.3 is 5.73 Å². The van der Waals surface area contributed by atoms with E-state index in [9.17, 15) is 4.79 Å². The van der Waals surface area contributed by atoms with E-state index in [1.807, 2.05) is 26.1 Å². The van der Waals surface area contributed by atoms with Crippen LogP contribution in [-0.4, -0.2) is 15.6 Å². The smallest absolute Gasteiger partial charge is 0.170 e. The summed E-state index contributed by atoms with van der Waals surface area (Å²) in [5, 5.41) is 4.34. The standard InChI is InChI=1S/C14H16BrN3O/c1-3-10-7-11(18(2)17-10)8-14(19)12-6-9(15)4-5-13(12)16/h4-7H,3,8,16H2,1-2H3. The molecule has 2 aromatic rings.